The van der Waals surface area contributed by atoms with Gasteiger partial charge in [0.05, 0.1) is 17.5 Å². The second kappa shape index (κ2) is 7.80. The zero-order valence-electron chi connectivity index (χ0n) is 13.9. The van der Waals surface area contributed by atoms with Crippen molar-refractivity contribution in [1.82, 2.24) is 5.32 Å². The van der Waals surface area contributed by atoms with Gasteiger partial charge in [0.15, 0.2) is 9.84 Å². The molecule has 25 heavy (non-hydrogen) atoms. The van der Waals surface area contributed by atoms with Crippen molar-refractivity contribution in [2.24, 2.45) is 0 Å². The molecule has 0 spiro atoms. The van der Waals surface area contributed by atoms with Gasteiger partial charge in [0.1, 0.15) is 0 Å². The van der Waals surface area contributed by atoms with Crippen LogP contribution in [0.3, 0.4) is 0 Å². The van der Waals surface area contributed by atoms with Crippen molar-refractivity contribution in [2.75, 3.05) is 11.9 Å². The summed E-state index contributed by atoms with van der Waals surface area (Å²) in [5.41, 5.74) is 2.08. The molecule has 1 heterocycles. The van der Waals surface area contributed by atoms with Gasteiger partial charge in [0, 0.05) is 5.69 Å². The van der Waals surface area contributed by atoms with Crippen molar-refractivity contribution < 1.29 is 13.2 Å². The van der Waals surface area contributed by atoms with Crippen molar-refractivity contribution >= 4 is 21.4 Å². The van der Waals surface area contributed by atoms with Gasteiger partial charge in [-0.25, -0.2) is 8.42 Å². The van der Waals surface area contributed by atoms with E-state index in [1.165, 1.54) is 0 Å². The molecule has 6 heteroatoms. The monoisotopic (exact) mass is 358 g/mol. The van der Waals surface area contributed by atoms with Crippen LogP contribution in [0.2, 0.25) is 0 Å². The maximum absolute atomic E-state index is 12.4. The van der Waals surface area contributed by atoms with Crippen LogP contribution >= 0.6 is 0 Å². The Morgan fingerprint density at radius 2 is 1.76 bits per heavy atom. The summed E-state index contributed by atoms with van der Waals surface area (Å²) in [5, 5.41) is 6.01. The van der Waals surface area contributed by atoms with Crippen LogP contribution in [0.15, 0.2) is 54.6 Å². The molecule has 1 atom stereocenters. The minimum Gasteiger partial charge on any atom is -0.325 e. The van der Waals surface area contributed by atoms with Gasteiger partial charge in [-0.1, -0.05) is 42.5 Å². The lowest BCUT2D eigenvalue weighted by molar-refractivity contribution is -0.117. The van der Waals surface area contributed by atoms with E-state index in [4.69, 9.17) is 0 Å². The normalized spacial score (nSPS) is 17.4. The molecule has 3 rings (SSSR count). The Morgan fingerprint density at radius 1 is 1.04 bits per heavy atom. The molecular weight excluding hydrogens is 336 g/mol. The molecule has 0 radical (unpaired) electrons. The maximum atomic E-state index is 12.4. The Morgan fingerprint density at radius 3 is 2.48 bits per heavy atom. The number of nitrogens with one attached hydrogen (secondary N) is 2. The van der Waals surface area contributed by atoms with E-state index in [0.29, 0.717) is 11.3 Å². The average Bonchev–Trinajstić information content (AvgIpc) is 3.09. The lowest BCUT2D eigenvalue weighted by Gasteiger charge is -2.12. The number of benzene rings is 2. The Bertz CT molecular complexity index is 829. The Kier molecular flexibility index (Phi) is 5.50. The van der Waals surface area contributed by atoms with Crippen LogP contribution in [0, 0.1) is 0 Å². The third-order valence-corrected chi connectivity index (χ3v) is 5.73. The summed E-state index contributed by atoms with van der Waals surface area (Å²) >= 11 is 0. The smallest absolute Gasteiger partial charge is 0.241 e. The van der Waals surface area contributed by atoms with Crippen molar-refractivity contribution in [3.05, 3.63) is 65.7 Å². The van der Waals surface area contributed by atoms with Gasteiger partial charge in [-0.15, -0.1) is 0 Å². The largest absolute Gasteiger partial charge is 0.325 e. The number of hydrogen-bond donors (Lipinski definition) is 2. The third-order valence-electron chi connectivity index (χ3n) is 4.19. The molecule has 0 aliphatic carbocycles. The molecule has 2 aromatic rings. The summed E-state index contributed by atoms with van der Waals surface area (Å²) < 4.78 is 24.8. The summed E-state index contributed by atoms with van der Waals surface area (Å²) in [7, 11) is -3.27. The van der Waals surface area contributed by atoms with Gasteiger partial charge in [0.2, 0.25) is 5.91 Å². The first kappa shape index (κ1) is 17.6. The average molecular weight is 358 g/mol. The van der Waals surface area contributed by atoms with E-state index in [1.807, 2.05) is 30.3 Å². The molecule has 1 amide bonds. The molecule has 1 aliphatic rings. The van der Waals surface area contributed by atoms with Crippen LogP contribution in [-0.2, 0) is 26.1 Å². The van der Waals surface area contributed by atoms with E-state index in [2.05, 4.69) is 10.6 Å². The molecule has 2 N–H and O–H groups in total. The maximum Gasteiger partial charge on any atom is 0.241 e. The van der Waals surface area contributed by atoms with Crippen molar-refractivity contribution in [1.29, 1.82) is 0 Å². The molecular formula is C19H22N2O3S. The molecule has 0 bridgehead atoms. The number of anilines is 1. The molecule has 0 aromatic heterocycles. The zero-order valence-corrected chi connectivity index (χ0v) is 14.8. The molecule has 132 valence electrons. The van der Waals surface area contributed by atoms with E-state index in [1.54, 1.807) is 24.3 Å². The fourth-order valence-corrected chi connectivity index (χ4v) is 4.50. The SMILES string of the molecule is O=C(Nc1cccc(CS(=O)(=O)Cc2ccccc2)c1)C1CCCN1. The lowest BCUT2D eigenvalue weighted by atomic mass is 10.2. The second-order valence-electron chi connectivity index (χ2n) is 6.36. The van der Waals surface area contributed by atoms with Gasteiger partial charge in [0.25, 0.3) is 0 Å². The Labute approximate surface area is 148 Å². The van der Waals surface area contributed by atoms with Crippen molar-refractivity contribution in [3.8, 4) is 0 Å². The van der Waals surface area contributed by atoms with Gasteiger partial charge < -0.3 is 10.6 Å². The Hall–Kier alpha value is -2.18. The lowest BCUT2D eigenvalue weighted by Crippen LogP contribution is -2.35. The number of hydrogen-bond acceptors (Lipinski definition) is 4. The summed E-state index contributed by atoms with van der Waals surface area (Å²) in [5.74, 6) is -0.106. The first-order valence-corrected chi connectivity index (χ1v) is 10.2. The number of carbonyl (C=O) groups excluding carboxylic acids is 1. The van der Waals surface area contributed by atoms with Crippen LogP contribution in [0.25, 0.3) is 0 Å². The zero-order chi connectivity index (χ0) is 17.7. The summed E-state index contributed by atoms with van der Waals surface area (Å²) in [6.45, 7) is 0.857. The van der Waals surface area contributed by atoms with E-state index in [9.17, 15) is 13.2 Å². The molecule has 1 aliphatic heterocycles. The van der Waals surface area contributed by atoms with Crippen LogP contribution < -0.4 is 10.6 Å². The topological polar surface area (TPSA) is 75.3 Å². The van der Waals surface area contributed by atoms with Crippen LogP contribution in [-0.4, -0.2) is 26.9 Å². The quantitative estimate of drug-likeness (QED) is 0.832. The van der Waals surface area contributed by atoms with Gasteiger partial charge >= 0.3 is 0 Å². The molecule has 1 fully saturated rings. The fourth-order valence-electron chi connectivity index (χ4n) is 3.01. The predicted octanol–water partition coefficient (Wildman–Crippen LogP) is 2.49. The number of sulfone groups is 1. The predicted molar refractivity (Wildman–Crippen MR) is 98.9 cm³/mol. The fraction of sp³-hybridized carbons (Fsp3) is 0.316. The van der Waals surface area contributed by atoms with Gasteiger partial charge in [-0.3, -0.25) is 4.79 Å². The minimum atomic E-state index is -3.27. The highest BCUT2D eigenvalue weighted by Gasteiger charge is 2.22. The molecule has 1 saturated heterocycles. The third kappa shape index (κ3) is 5.14. The summed E-state index contributed by atoms with van der Waals surface area (Å²) in [6, 6.07) is 16.0. The molecule has 5 nitrogen and oxygen atoms in total. The molecule has 2 aromatic carbocycles. The highest BCUT2D eigenvalue weighted by atomic mass is 32.2. The van der Waals surface area contributed by atoms with E-state index >= 15 is 0 Å². The number of carbonyl (C=O) groups is 1. The van der Waals surface area contributed by atoms with Crippen LogP contribution in [0.4, 0.5) is 5.69 Å². The van der Waals surface area contributed by atoms with Crippen molar-refractivity contribution in [2.45, 2.75) is 30.4 Å². The molecule has 0 saturated carbocycles. The van der Waals surface area contributed by atoms with Crippen LogP contribution in [0.5, 0.6) is 0 Å². The summed E-state index contributed by atoms with van der Waals surface area (Å²) in [4.78, 5) is 12.2. The molecule has 1 unspecified atom stereocenters. The standard InChI is InChI=1S/C19H22N2O3S/c22-19(18-10-5-11-20-18)21-17-9-4-8-16(12-17)14-25(23,24)13-15-6-2-1-3-7-15/h1-4,6-9,12,18,20H,5,10-11,13-14H2,(H,21,22). The highest BCUT2D eigenvalue weighted by Crippen LogP contribution is 2.17. The van der Waals surface area contributed by atoms with Gasteiger partial charge in [-0.2, -0.15) is 0 Å². The van der Waals surface area contributed by atoms with Crippen LogP contribution in [0.1, 0.15) is 24.0 Å². The second-order valence-corrected chi connectivity index (χ2v) is 8.42. The van der Waals surface area contributed by atoms with Crippen molar-refractivity contribution in [3.63, 3.8) is 0 Å². The first-order valence-electron chi connectivity index (χ1n) is 8.39. The summed E-state index contributed by atoms with van der Waals surface area (Å²) in [6.07, 6.45) is 1.83. The minimum absolute atomic E-state index is 0.0103. The Balaban J connectivity index is 1.65. The number of rotatable bonds is 6. The number of amides is 1. The highest BCUT2D eigenvalue weighted by molar-refractivity contribution is 7.89. The van der Waals surface area contributed by atoms with E-state index in [0.717, 1.165) is 24.9 Å². The first-order chi connectivity index (χ1) is 12.0. The van der Waals surface area contributed by atoms with E-state index in [-0.39, 0.29) is 23.5 Å². The van der Waals surface area contributed by atoms with E-state index < -0.39 is 9.84 Å². The van der Waals surface area contributed by atoms with Gasteiger partial charge in [-0.05, 0) is 42.6 Å².